The maximum Gasteiger partial charge on any atom is 0.133 e. The number of phenols is 1. The van der Waals surface area contributed by atoms with Crippen molar-refractivity contribution in [2.75, 3.05) is 14.2 Å². The molecular formula is C36H40O3S. The molecule has 0 aromatic heterocycles. The van der Waals surface area contributed by atoms with Crippen LogP contribution in [0, 0.1) is 24.7 Å². The minimum Gasteiger partial charge on any atom is -0.507 e. The molecule has 2 aliphatic carbocycles. The molecule has 0 aliphatic heterocycles. The van der Waals surface area contributed by atoms with Crippen LogP contribution < -0.4 is 9.47 Å². The second kappa shape index (κ2) is 9.21. The van der Waals surface area contributed by atoms with Gasteiger partial charge < -0.3 is 14.6 Å². The van der Waals surface area contributed by atoms with Crippen molar-refractivity contribution >= 4 is 22.5 Å². The highest BCUT2D eigenvalue weighted by Gasteiger charge is 2.54. The van der Waals surface area contributed by atoms with Crippen molar-refractivity contribution in [2.45, 2.75) is 76.0 Å². The lowest BCUT2D eigenvalue weighted by atomic mass is 9.52. The van der Waals surface area contributed by atoms with E-state index in [2.05, 4.69) is 90.1 Å². The fourth-order valence-electron chi connectivity index (χ4n) is 8.29. The Labute approximate surface area is 242 Å². The molecule has 4 aromatic carbocycles. The molecule has 0 bridgehead atoms. The van der Waals surface area contributed by atoms with E-state index in [0.29, 0.717) is 5.75 Å². The van der Waals surface area contributed by atoms with E-state index >= 15 is 0 Å². The molecule has 40 heavy (non-hydrogen) atoms. The van der Waals surface area contributed by atoms with E-state index in [1.54, 1.807) is 26.0 Å². The molecule has 0 amide bonds. The molecule has 0 heterocycles. The van der Waals surface area contributed by atoms with Crippen LogP contribution in [0.4, 0.5) is 0 Å². The van der Waals surface area contributed by atoms with Crippen LogP contribution in [0.1, 0.15) is 69.2 Å². The predicted molar refractivity (Wildman–Crippen MR) is 166 cm³/mol. The largest absolute Gasteiger partial charge is 0.507 e. The maximum atomic E-state index is 11.6. The Bertz CT molecular complexity index is 1630. The van der Waals surface area contributed by atoms with E-state index in [9.17, 15) is 5.11 Å². The quantitative estimate of drug-likeness (QED) is 0.273. The summed E-state index contributed by atoms with van der Waals surface area (Å²) in [5, 5.41) is 13.5. The van der Waals surface area contributed by atoms with Crippen molar-refractivity contribution in [1.82, 2.24) is 0 Å². The van der Waals surface area contributed by atoms with Gasteiger partial charge in [-0.1, -0.05) is 63.7 Å². The minimum absolute atomic E-state index is 0.150. The van der Waals surface area contributed by atoms with E-state index in [-0.39, 0.29) is 16.2 Å². The number of aromatic hydroxyl groups is 1. The van der Waals surface area contributed by atoms with E-state index in [0.717, 1.165) is 40.0 Å². The Kier molecular flexibility index (Phi) is 6.23. The number of rotatable bonds is 4. The normalized spacial score (nSPS) is 18.0. The lowest BCUT2D eigenvalue weighted by molar-refractivity contribution is 0.0644. The van der Waals surface area contributed by atoms with Gasteiger partial charge in [-0.2, -0.15) is 0 Å². The molecule has 4 aromatic rings. The smallest absolute Gasteiger partial charge is 0.133 e. The molecule has 3 nitrogen and oxygen atoms in total. The number of aryl methyl sites for hydroxylation is 2. The number of hydrogen-bond acceptors (Lipinski definition) is 4. The van der Waals surface area contributed by atoms with Crippen LogP contribution in [0.25, 0.3) is 21.9 Å². The van der Waals surface area contributed by atoms with Crippen molar-refractivity contribution in [1.29, 1.82) is 0 Å². The molecule has 0 unspecified atom stereocenters. The van der Waals surface area contributed by atoms with Crippen LogP contribution >= 0.6 is 11.8 Å². The van der Waals surface area contributed by atoms with Gasteiger partial charge in [-0.15, -0.1) is 0 Å². The average molecular weight is 553 g/mol. The van der Waals surface area contributed by atoms with Crippen molar-refractivity contribution < 1.29 is 14.6 Å². The summed E-state index contributed by atoms with van der Waals surface area (Å²) in [7, 11) is 3.46. The van der Waals surface area contributed by atoms with Crippen LogP contribution in [0.2, 0.25) is 0 Å². The van der Waals surface area contributed by atoms with Crippen molar-refractivity contribution in [3.8, 4) is 28.4 Å². The van der Waals surface area contributed by atoms with E-state index < -0.39 is 0 Å². The van der Waals surface area contributed by atoms with Crippen molar-refractivity contribution in [2.24, 2.45) is 10.8 Å². The van der Waals surface area contributed by atoms with Gasteiger partial charge in [0.05, 0.1) is 19.1 Å². The zero-order valence-corrected chi connectivity index (χ0v) is 25.8. The molecule has 2 aliphatic rings. The number of benzene rings is 4. The number of fused-ring (bicyclic) bond motifs is 7. The lowest BCUT2D eigenvalue weighted by Gasteiger charge is -2.51. The first kappa shape index (κ1) is 27.1. The highest BCUT2D eigenvalue weighted by molar-refractivity contribution is 7.99. The lowest BCUT2D eigenvalue weighted by Crippen LogP contribution is -2.43. The van der Waals surface area contributed by atoms with Crippen LogP contribution in [0.5, 0.6) is 17.2 Å². The number of methoxy groups -OCH3 is 2. The highest BCUT2D eigenvalue weighted by atomic mass is 32.2. The van der Waals surface area contributed by atoms with E-state index in [1.165, 1.54) is 44.7 Å². The molecule has 6 rings (SSSR count). The molecule has 0 saturated heterocycles. The van der Waals surface area contributed by atoms with Gasteiger partial charge in [0.2, 0.25) is 0 Å². The zero-order valence-electron chi connectivity index (χ0n) is 25.0. The third-order valence-corrected chi connectivity index (χ3v) is 10.5. The second-order valence-electron chi connectivity index (χ2n) is 13.5. The molecule has 1 fully saturated rings. The van der Waals surface area contributed by atoms with Crippen LogP contribution in [0.15, 0.2) is 64.4 Å². The van der Waals surface area contributed by atoms with Crippen molar-refractivity contribution in [3.63, 3.8) is 0 Å². The topological polar surface area (TPSA) is 38.7 Å². The molecule has 0 radical (unpaired) electrons. The Hall–Kier alpha value is -3.11. The summed E-state index contributed by atoms with van der Waals surface area (Å²) in [6.45, 7) is 13.9. The first-order chi connectivity index (χ1) is 18.9. The molecule has 208 valence electrons. The fraction of sp³-hybridized carbons (Fsp3) is 0.389. The Morgan fingerprint density at radius 2 is 1.43 bits per heavy atom. The average Bonchev–Trinajstić information content (AvgIpc) is 3.11. The molecule has 0 atom stereocenters. The van der Waals surface area contributed by atoms with Gasteiger partial charge in [-0.25, -0.2) is 0 Å². The standard InChI is InChI=1S/C36H40O3S/c1-21-10-9-11-22(2)33(21)40-31-16-26-25(15-30(31)39-8)29(37)17-28-32(26)24-13-12-23(38-7)14-27(24)36(28)19-34(3,4)18-35(5,6)20-36/h9-17,37H,18-20H2,1-8H3. The van der Waals surface area contributed by atoms with Gasteiger partial charge in [0.25, 0.3) is 0 Å². The number of ether oxygens (including phenoxy) is 2. The monoisotopic (exact) mass is 552 g/mol. The Balaban J connectivity index is 1.67. The summed E-state index contributed by atoms with van der Waals surface area (Å²) in [6, 6.07) is 19.3. The van der Waals surface area contributed by atoms with Gasteiger partial charge in [0.15, 0.2) is 0 Å². The second-order valence-corrected chi connectivity index (χ2v) is 14.6. The van der Waals surface area contributed by atoms with Crippen molar-refractivity contribution in [3.05, 3.63) is 76.9 Å². The Morgan fingerprint density at radius 1 is 0.750 bits per heavy atom. The molecule has 1 saturated carbocycles. The van der Waals surface area contributed by atoms with E-state index in [4.69, 9.17) is 9.47 Å². The number of phenolic OH excluding ortho intramolecular Hbond substituents is 1. The Morgan fingerprint density at radius 3 is 2.05 bits per heavy atom. The molecule has 4 heteroatoms. The van der Waals surface area contributed by atoms with Gasteiger partial charge in [-0.05, 0) is 113 Å². The molecular weight excluding hydrogens is 512 g/mol. The van der Waals surface area contributed by atoms with E-state index in [1.807, 2.05) is 6.07 Å². The van der Waals surface area contributed by atoms with Crippen LogP contribution in [-0.4, -0.2) is 19.3 Å². The third kappa shape index (κ3) is 4.18. The zero-order chi connectivity index (χ0) is 28.6. The summed E-state index contributed by atoms with van der Waals surface area (Å²) in [5.41, 5.74) is 7.66. The summed E-state index contributed by atoms with van der Waals surface area (Å²) in [6.07, 6.45) is 3.23. The molecule has 1 N–H and O–H groups in total. The third-order valence-electron chi connectivity index (χ3n) is 9.07. The summed E-state index contributed by atoms with van der Waals surface area (Å²) in [4.78, 5) is 2.30. The minimum atomic E-state index is -0.198. The number of hydrogen-bond donors (Lipinski definition) is 1. The molecule has 1 spiro atoms. The summed E-state index contributed by atoms with van der Waals surface area (Å²) in [5.74, 6) is 1.97. The maximum absolute atomic E-state index is 11.6. The fourth-order valence-corrected chi connectivity index (χ4v) is 9.39. The highest BCUT2D eigenvalue weighted by Crippen LogP contribution is 2.65. The first-order valence-electron chi connectivity index (χ1n) is 14.2. The van der Waals surface area contributed by atoms with Crippen LogP contribution in [0.3, 0.4) is 0 Å². The predicted octanol–water partition coefficient (Wildman–Crippen LogP) is 9.83. The van der Waals surface area contributed by atoms with Gasteiger partial charge in [-0.3, -0.25) is 0 Å². The summed E-state index contributed by atoms with van der Waals surface area (Å²) < 4.78 is 11.7. The first-order valence-corrected chi connectivity index (χ1v) is 15.0. The SMILES string of the molecule is COc1ccc2c(c1)C1(CC(C)(C)CC(C)(C)C1)c1cc(O)c3cc(OC)c(Sc4c(C)cccc4C)cc3c1-2. The summed E-state index contributed by atoms with van der Waals surface area (Å²) >= 11 is 1.75. The van der Waals surface area contributed by atoms with Gasteiger partial charge in [0, 0.05) is 15.7 Å². The van der Waals surface area contributed by atoms with Crippen LogP contribution in [-0.2, 0) is 5.41 Å². The van der Waals surface area contributed by atoms with Gasteiger partial charge in [0.1, 0.15) is 17.2 Å². The van der Waals surface area contributed by atoms with Gasteiger partial charge >= 0.3 is 0 Å².